The van der Waals surface area contributed by atoms with Gasteiger partial charge in [-0.3, -0.25) is 23.2 Å². The van der Waals surface area contributed by atoms with Crippen LogP contribution in [0.2, 0.25) is 0 Å². The summed E-state index contributed by atoms with van der Waals surface area (Å²) in [5, 5.41) is 18.8. The summed E-state index contributed by atoms with van der Waals surface area (Å²) in [4.78, 5) is 24.1. The van der Waals surface area contributed by atoms with Crippen LogP contribution >= 0.6 is 40.1 Å². The van der Waals surface area contributed by atoms with Gasteiger partial charge in [-0.25, -0.2) is 0 Å². The number of rotatable bonds is 40. The summed E-state index contributed by atoms with van der Waals surface area (Å²) in [5.74, 6) is -0.844. The second kappa shape index (κ2) is 39.2. The van der Waals surface area contributed by atoms with Crippen molar-refractivity contribution >= 4 is 52.1 Å². The fraction of sp³-hybridized carbons (Fsp3) is 0.950. The van der Waals surface area contributed by atoms with Gasteiger partial charge in [-0.05, 0) is 25.7 Å². The Morgan fingerprint density at radius 3 is 0.981 bits per heavy atom. The zero-order valence-corrected chi connectivity index (χ0v) is 37.1. The summed E-state index contributed by atoms with van der Waals surface area (Å²) < 4.78 is 33.1. The lowest BCUT2D eigenvalue weighted by Crippen LogP contribution is -2.19. The molecule has 0 fully saturated rings. The van der Waals surface area contributed by atoms with E-state index in [4.69, 9.17) is 18.5 Å². The molecule has 52 heavy (non-hydrogen) atoms. The van der Waals surface area contributed by atoms with Crippen LogP contribution in [-0.4, -0.2) is 44.8 Å². The van der Waals surface area contributed by atoms with Crippen LogP contribution in [0, 0.1) is 0 Å². The maximum Gasteiger partial charge on any atom is 0.321 e. The zero-order chi connectivity index (χ0) is 38.5. The molecule has 0 aliphatic rings. The minimum Gasteiger partial charge on any atom is -0.436 e. The molecule has 0 heterocycles. The number of carbonyl (C=O) groups excluding carboxylic acids is 2. The fourth-order valence-electron chi connectivity index (χ4n) is 6.02. The van der Waals surface area contributed by atoms with E-state index in [9.17, 15) is 24.4 Å². The first kappa shape index (κ1) is 52.0. The minimum atomic E-state index is -2.91. The van der Waals surface area contributed by atoms with Gasteiger partial charge in [0.15, 0.2) is 0 Å². The van der Waals surface area contributed by atoms with Crippen molar-refractivity contribution in [3.05, 3.63) is 0 Å². The highest BCUT2D eigenvalue weighted by Gasteiger charge is 2.19. The van der Waals surface area contributed by atoms with Gasteiger partial charge >= 0.3 is 20.2 Å². The number of aliphatic hydroxyl groups excluding tert-OH is 2. The van der Waals surface area contributed by atoms with E-state index in [2.05, 4.69) is 45.7 Å². The van der Waals surface area contributed by atoms with E-state index < -0.39 is 42.8 Å². The summed E-state index contributed by atoms with van der Waals surface area (Å²) >= 11 is 6.53. The average Bonchev–Trinajstić information content (AvgIpc) is 3.10. The fourth-order valence-corrected chi connectivity index (χ4v) is 8.17. The Balaban J connectivity index is 3.75. The van der Waals surface area contributed by atoms with Gasteiger partial charge in [0.1, 0.15) is 10.0 Å². The first-order valence-electron chi connectivity index (χ1n) is 21.1. The Morgan fingerprint density at radius 1 is 0.462 bits per heavy atom. The van der Waals surface area contributed by atoms with Crippen LogP contribution in [0.3, 0.4) is 0 Å². The number of hydrogen-bond acceptors (Lipinski definition) is 9. The van der Waals surface area contributed by atoms with Gasteiger partial charge in [-0.15, -0.1) is 0 Å². The third-order valence-electron chi connectivity index (χ3n) is 9.23. The van der Waals surface area contributed by atoms with Gasteiger partial charge in [0.25, 0.3) is 0 Å². The Hall–Kier alpha value is -0.0300. The molecule has 0 saturated heterocycles. The van der Waals surface area contributed by atoms with Gasteiger partial charge in [-0.2, -0.15) is 0 Å². The average molecular weight is 893 g/mol. The van der Waals surface area contributed by atoms with Crippen LogP contribution in [-0.2, 0) is 32.7 Å². The van der Waals surface area contributed by atoms with E-state index in [0.29, 0.717) is 0 Å². The van der Waals surface area contributed by atoms with Crippen molar-refractivity contribution in [2.75, 3.05) is 0 Å². The van der Waals surface area contributed by atoms with Gasteiger partial charge in [0.2, 0.25) is 12.6 Å². The predicted octanol–water partition coefficient (Wildman–Crippen LogP) is 13.1. The summed E-state index contributed by atoms with van der Waals surface area (Å²) in [6.07, 6.45) is 30.7. The number of ether oxygens (including phenoxy) is 2. The number of hydrogen-bond donors (Lipinski definition) is 2. The number of esters is 2. The number of carbonyl (C=O) groups is 2. The molecule has 0 aliphatic heterocycles. The molecular formula is C40H77Br2O9P. The van der Waals surface area contributed by atoms with Crippen LogP contribution in [0.25, 0.3) is 0 Å². The van der Waals surface area contributed by atoms with Crippen molar-refractivity contribution in [2.24, 2.45) is 0 Å². The summed E-state index contributed by atoms with van der Waals surface area (Å²) in [7, 11) is -2.91. The molecule has 4 unspecified atom stereocenters. The highest BCUT2D eigenvalue weighted by molar-refractivity contribution is 9.09. The number of halogens is 2. The van der Waals surface area contributed by atoms with E-state index in [1.165, 1.54) is 128 Å². The van der Waals surface area contributed by atoms with Gasteiger partial charge < -0.3 is 19.7 Å². The lowest BCUT2D eigenvalue weighted by molar-refractivity contribution is -0.170. The third-order valence-corrected chi connectivity index (χ3v) is 12.2. The quantitative estimate of drug-likeness (QED) is 0.0203. The van der Waals surface area contributed by atoms with Gasteiger partial charge in [0.05, 0.1) is 0 Å². The molecule has 0 aromatic heterocycles. The first-order valence-corrected chi connectivity index (χ1v) is 24.1. The van der Waals surface area contributed by atoms with E-state index in [1.807, 2.05) is 0 Å². The molecule has 2 N–H and O–H groups in total. The van der Waals surface area contributed by atoms with Crippen molar-refractivity contribution in [1.82, 2.24) is 0 Å². The van der Waals surface area contributed by atoms with Gasteiger partial charge in [-0.1, -0.05) is 200 Å². The minimum absolute atomic E-state index is 0.115. The molecule has 0 bridgehead atoms. The summed E-state index contributed by atoms with van der Waals surface area (Å²) in [6, 6.07) is 0. The first-order chi connectivity index (χ1) is 25.2. The Kier molecular flexibility index (Phi) is 39.2. The molecule has 310 valence electrons. The Bertz CT molecular complexity index is 775. The van der Waals surface area contributed by atoms with Crippen LogP contribution in [0.1, 0.15) is 219 Å². The number of unbranched alkanes of at least 4 members (excludes halogenated alkanes) is 24. The molecule has 0 aromatic carbocycles. The standard InChI is InChI=1S/C40H77Br2O9P/c1-3-5-7-9-11-13-15-17-19-21-23-25-27-29-37(43)48-39(45)33-31-35(41)50-52(47)51-36(42)32-34-40(46)49-38(44)30-28-26-24-22-20-18-16-14-12-10-8-6-4-2/h35-36,39-40,45-46,52H,3-34H2,1-2H3. The molecule has 0 aliphatic carbocycles. The topological polar surface area (TPSA) is 129 Å². The molecule has 12 heteroatoms. The molecule has 0 saturated carbocycles. The monoisotopic (exact) mass is 890 g/mol. The molecule has 0 radical (unpaired) electrons. The smallest absolute Gasteiger partial charge is 0.321 e. The largest absolute Gasteiger partial charge is 0.436 e. The second-order valence-corrected chi connectivity index (χ2v) is 17.3. The van der Waals surface area contributed by atoms with Crippen LogP contribution in [0.15, 0.2) is 0 Å². The van der Waals surface area contributed by atoms with E-state index >= 15 is 0 Å². The predicted molar refractivity (Wildman–Crippen MR) is 220 cm³/mol. The molecular weight excluding hydrogens is 815 g/mol. The Morgan fingerprint density at radius 2 is 0.712 bits per heavy atom. The van der Waals surface area contributed by atoms with E-state index in [1.54, 1.807) is 0 Å². The van der Waals surface area contributed by atoms with Crippen molar-refractivity contribution in [1.29, 1.82) is 0 Å². The lowest BCUT2D eigenvalue weighted by atomic mass is 10.0. The van der Waals surface area contributed by atoms with Crippen molar-refractivity contribution in [3.8, 4) is 0 Å². The summed E-state index contributed by atoms with van der Waals surface area (Å²) in [6.45, 7) is 4.49. The lowest BCUT2D eigenvalue weighted by Gasteiger charge is -2.17. The third kappa shape index (κ3) is 38.3. The number of alkyl halides is 2. The second-order valence-electron chi connectivity index (χ2n) is 14.3. The molecule has 0 spiro atoms. The molecule has 0 rings (SSSR count). The Labute approximate surface area is 335 Å². The molecule has 0 amide bonds. The van der Waals surface area contributed by atoms with Crippen molar-refractivity contribution in [3.63, 3.8) is 0 Å². The normalized spacial score (nSPS) is 14.5. The highest BCUT2D eigenvalue weighted by Crippen LogP contribution is 2.34. The highest BCUT2D eigenvalue weighted by atomic mass is 79.9. The van der Waals surface area contributed by atoms with Crippen molar-refractivity contribution < 1.29 is 42.9 Å². The maximum atomic E-state index is 12.3. The van der Waals surface area contributed by atoms with Gasteiger partial charge in [0, 0.05) is 25.7 Å². The SMILES string of the molecule is CCCCCCCCCCCCCCCC(=O)OC(O)CCC(Br)O[PH](=O)OC(Br)CCC(O)OC(=O)CCCCCCCCCCCCCCC. The van der Waals surface area contributed by atoms with Crippen LogP contribution < -0.4 is 0 Å². The summed E-state index contributed by atoms with van der Waals surface area (Å²) in [5.41, 5.74) is 0. The number of aliphatic hydroxyl groups is 2. The van der Waals surface area contributed by atoms with E-state index in [0.717, 1.165) is 38.5 Å². The van der Waals surface area contributed by atoms with E-state index in [-0.39, 0.29) is 38.5 Å². The molecule has 4 atom stereocenters. The van der Waals surface area contributed by atoms with Crippen molar-refractivity contribution in [2.45, 2.75) is 242 Å². The van der Waals surface area contributed by atoms with Crippen LogP contribution in [0.5, 0.6) is 0 Å². The maximum absolute atomic E-state index is 12.3. The molecule has 0 aromatic rings. The van der Waals surface area contributed by atoms with Crippen LogP contribution in [0.4, 0.5) is 0 Å². The zero-order valence-electron chi connectivity index (χ0n) is 32.9. The molecule has 9 nitrogen and oxygen atoms in total.